The Kier molecular flexibility index (Phi) is 4.29. The van der Waals surface area contributed by atoms with Gasteiger partial charge in [0.05, 0.1) is 6.61 Å². The summed E-state index contributed by atoms with van der Waals surface area (Å²) in [5.41, 5.74) is 4.58. The van der Waals surface area contributed by atoms with E-state index < -0.39 is 0 Å². The van der Waals surface area contributed by atoms with Crippen LogP contribution >= 0.6 is 11.8 Å². The SMILES string of the molecule is COCCNCc1cc(C2CC2)c2oc(SC)nc2c1. The maximum absolute atomic E-state index is 5.86. The number of fused-ring (bicyclic) bond motifs is 1. The Balaban J connectivity index is 1.85. The molecule has 0 saturated heterocycles. The highest BCUT2D eigenvalue weighted by atomic mass is 32.2. The molecule has 0 spiro atoms. The van der Waals surface area contributed by atoms with Gasteiger partial charge in [0.25, 0.3) is 5.22 Å². The van der Waals surface area contributed by atoms with Crippen molar-refractivity contribution in [3.63, 3.8) is 0 Å². The Morgan fingerprint density at radius 3 is 3.00 bits per heavy atom. The number of nitrogens with one attached hydrogen (secondary N) is 1. The fraction of sp³-hybridized carbons (Fsp3) is 0.533. The van der Waals surface area contributed by atoms with Gasteiger partial charge in [-0.05, 0) is 36.6 Å². The zero-order chi connectivity index (χ0) is 13.9. The lowest BCUT2D eigenvalue weighted by atomic mass is 10.1. The fourth-order valence-electron chi connectivity index (χ4n) is 2.39. The Morgan fingerprint density at radius 1 is 1.45 bits per heavy atom. The average molecular weight is 292 g/mol. The van der Waals surface area contributed by atoms with Gasteiger partial charge in [0, 0.05) is 25.8 Å². The summed E-state index contributed by atoms with van der Waals surface area (Å²) in [5.74, 6) is 0.666. The number of aromatic nitrogens is 1. The number of hydrogen-bond acceptors (Lipinski definition) is 5. The van der Waals surface area contributed by atoms with Gasteiger partial charge in [-0.15, -0.1) is 0 Å². The highest BCUT2D eigenvalue weighted by Gasteiger charge is 2.28. The predicted octanol–water partition coefficient (Wildman–Crippen LogP) is 3.16. The quantitative estimate of drug-likeness (QED) is 0.627. The molecule has 4 nitrogen and oxygen atoms in total. The van der Waals surface area contributed by atoms with Gasteiger partial charge in [-0.25, -0.2) is 4.98 Å². The molecule has 1 aliphatic rings. The second-order valence-electron chi connectivity index (χ2n) is 5.16. The van der Waals surface area contributed by atoms with Crippen molar-refractivity contribution in [2.45, 2.75) is 30.5 Å². The van der Waals surface area contributed by atoms with Gasteiger partial charge in [0.15, 0.2) is 5.58 Å². The van der Waals surface area contributed by atoms with Crippen molar-refractivity contribution in [2.24, 2.45) is 0 Å². The normalized spacial score (nSPS) is 15.1. The lowest BCUT2D eigenvalue weighted by molar-refractivity contribution is 0.199. The fourth-order valence-corrected chi connectivity index (χ4v) is 2.75. The number of hydrogen-bond donors (Lipinski definition) is 1. The van der Waals surface area contributed by atoms with Crippen LogP contribution in [0, 0.1) is 0 Å². The van der Waals surface area contributed by atoms with Gasteiger partial charge in [-0.3, -0.25) is 0 Å². The van der Waals surface area contributed by atoms with Crippen molar-refractivity contribution < 1.29 is 9.15 Å². The number of rotatable bonds is 7. The van der Waals surface area contributed by atoms with Crippen molar-refractivity contribution in [3.05, 3.63) is 23.3 Å². The van der Waals surface area contributed by atoms with E-state index >= 15 is 0 Å². The first kappa shape index (κ1) is 13.9. The minimum absolute atomic E-state index is 0.666. The van der Waals surface area contributed by atoms with Crippen molar-refractivity contribution in [3.8, 4) is 0 Å². The number of methoxy groups -OCH3 is 1. The zero-order valence-electron chi connectivity index (χ0n) is 11.9. The number of thioether (sulfide) groups is 1. The maximum Gasteiger partial charge on any atom is 0.256 e. The average Bonchev–Trinajstić information content (AvgIpc) is 3.22. The smallest absolute Gasteiger partial charge is 0.256 e. The van der Waals surface area contributed by atoms with Crippen molar-refractivity contribution in [1.29, 1.82) is 0 Å². The molecule has 20 heavy (non-hydrogen) atoms. The van der Waals surface area contributed by atoms with E-state index in [1.54, 1.807) is 18.9 Å². The molecule has 0 unspecified atom stereocenters. The Hall–Kier alpha value is -1.04. The third-order valence-electron chi connectivity index (χ3n) is 3.56. The first-order valence-electron chi connectivity index (χ1n) is 6.99. The molecule has 1 saturated carbocycles. The second kappa shape index (κ2) is 6.16. The molecule has 0 bridgehead atoms. The van der Waals surface area contributed by atoms with Crippen molar-refractivity contribution in [2.75, 3.05) is 26.5 Å². The monoisotopic (exact) mass is 292 g/mol. The Bertz CT molecular complexity index is 593. The van der Waals surface area contributed by atoms with Gasteiger partial charge in [-0.2, -0.15) is 0 Å². The van der Waals surface area contributed by atoms with Gasteiger partial charge >= 0.3 is 0 Å². The summed E-state index contributed by atoms with van der Waals surface area (Å²) in [5, 5.41) is 4.14. The third-order valence-corrected chi connectivity index (χ3v) is 4.09. The topological polar surface area (TPSA) is 47.3 Å². The molecule has 1 N–H and O–H groups in total. The minimum atomic E-state index is 0.666. The highest BCUT2D eigenvalue weighted by Crippen LogP contribution is 2.44. The maximum atomic E-state index is 5.86. The Labute approximate surface area is 123 Å². The van der Waals surface area contributed by atoms with Crippen LogP contribution < -0.4 is 5.32 Å². The summed E-state index contributed by atoms with van der Waals surface area (Å²) in [6, 6.07) is 4.40. The van der Waals surface area contributed by atoms with Crippen LogP contribution in [-0.2, 0) is 11.3 Å². The van der Waals surface area contributed by atoms with Gasteiger partial charge in [-0.1, -0.05) is 17.8 Å². The van der Waals surface area contributed by atoms with Crippen molar-refractivity contribution >= 4 is 22.9 Å². The first-order chi connectivity index (χ1) is 9.81. The van der Waals surface area contributed by atoms with Gasteiger partial charge in [0.2, 0.25) is 0 Å². The van der Waals surface area contributed by atoms with E-state index in [0.717, 1.165) is 36.0 Å². The van der Waals surface area contributed by atoms with Crippen LogP contribution in [0.15, 0.2) is 21.8 Å². The number of nitrogens with zero attached hydrogens (tertiary/aromatic N) is 1. The largest absolute Gasteiger partial charge is 0.431 e. The lowest BCUT2D eigenvalue weighted by Gasteiger charge is -2.07. The van der Waals surface area contributed by atoms with E-state index in [9.17, 15) is 0 Å². The molecule has 5 heteroatoms. The summed E-state index contributed by atoms with van der Waals surface area (Å²) < 4.78 is 10.9. The molecule has 0 radical (unpaired) electrons. The first-order valence-corrected chi connectivity index (χ1v) is 8.21. The van der Waals surface area contributed by atoms with Crippen LogP contribution in [0.5, 0.6) is 0 Å². The highest BCUT2D eigenvalue weighted by molar-refractivity contribution is 7.98. The minimum Gasteiger partial charge on any atom is -0.431 e. The zero-order valence-corrected chi connectivity index (χ0v) is 12.8. The lowest BCUT2D eigenvalue weighted by Crippen LogP contribution is -2.18. The van der Waals surface area contributed by atoms with Crippen LogP contribution in [0.3, 0.4) is 0 Å². The molecule has 0 amide bonds. The molecule has 0 aliphatic heterocycles. The van der Waals surface area contributed by atoms with Crippen LogP contribution in [0.25, 0.3) is 11.1 Å². The molecule has 1 heterocycles. The van der Waals surface area contributed by atoms with Crippen molar-refractivity contribution in [1.82, 2.24) is 10.3 Å². The second-order valence-corrected chi connectivity index (χ2v) is 5.92. The summed E-state index contributed by atoms with van der Waals surface area (Å²) in [7, 11) is 1.72. The van der Waals surface area contributed by atoms with Crippen LogP contribution in [0.1, 0.15) is 29.9 Å². The summed E-state index contributed by atoms with van der Waals surface area (Å²) in [6.07, 6.45) is 4.53. The van der Waals surface area contributed by atoms with E-state index in [4.69, 9.17) is 9.15 Å². The molecular weight excluding hydrogens is 272 g/mol. The number of ether oxygens (including phenoxy) is 1. The summed E-state index contributed by atoms with van der Waals surface area (Å²) in [4.78, 5) is 4.55. The molecule has 0 atom stereocenters. The third kappa shape index (κ3) is 3.00. The van der Waals surface area contributed by atoms with E-state index in [0.29, 0.717) is 5.92 Å². The van der Waals surface area contributed by atoms with Crippen LogP contribution in [-0.4, -0.2) is 31.5 Å². The van der Waals surface area contributed by atoms with Crippen LogP contribution in [0.2, 0.25) is 0 Å². The van der Waals surface area contributed by atoms with Crippen LogP contribution in [0.4, 0.5) is 0 Å². The molecule has 1 aliphatic carbocycles. The number of benzene rings is 1. The molecule has 1 fully saturated rings. The molecule has 3 rings (SSSR count). The molecular formula is C15H20N2O2S. The standard InChI is InChI=1S/C15H20N2O2S/c1-18-6-5-16-9-10-7-12(11-3-4-11)14-13(8-10)17-15(19-14)20-2/h7-8,11,16H,3-6,9H2,1-2H3. The number of oxazole rings is 1. The molecule has 1 aromatic heterocycles. The van der Waals surface area contributed by atoms with E-state index in [1.807, 2.05) is 6.26 Å². The predicted molar refractivity (Wildman–Crippen MR) is 81.3 cm³/mol. The molecule has 1 aromatic carbocycles. The molecule has 108 valence electrons. The van der Waals surface area contributed by atoms with E-state index in [2.05, 4.69) is 22.4 Å². The van der Waals surface area contributed by atoms with E-state index in [1.165, 1.54) is 24.0 Å². The Morgan fingerprint density at radius 2 is 2.30 bits per heavy atom. The van der Waals surface area contributed by atoms with Gasteiger partial charge < -0.3 is 14.5 Å². The van der Waals surface area contributed by atoms with E-state index in [-0.39, 0.29) is 0 Å². The summed E-state index contributed by atoms with van der Waals surface area (Å²) in [6.45, 7) is 2.45. The summed E-state index contributed by atoms with van der Waals surface area (Å²) >= 11 is 1.56. The van der Waals surface area contributed by atoms with Gasteiger partial charge in [0.1, 0.15) is 5.52 Å². The molecule has 2 aromatic rings.